The first kappa shape index (κ1) is 13.4. The maximum absolute atomic E-state index is 11.7. The maximum Gasteiger partial charge on any atom is 0.333 e. The SMILES string of the molecule is C=C(C)C(=O)OCC(=O)N1C(=O)CCC1OC. The Morgan fingerprint density at radius 2 is 2.18 bits per heavy atom. The molecule has 0 N–H and O–H groups in total. The fourth-order valence-corrected chi connectivity index (χ4v) is 1.50. The van der Waals surface area contributed by atoms with E-state index < -0.39 is 24.7 Å². The van der Waals surface area contributed by atoms with Crippen LogP contribution >= 0.6 is 0 Å². The van der Waals surface area contributed by atoms with E-state index in [2.05, 4.69) is 11.3 Å². The summed E-state index contributed by atoms with van der Waals surface area (Å²) in [6, 6.07) is 0. The molecule has 1 heterocycles. The Labute approximate surface area is 99.2 Å². The molecule has 1 unspecified atom stereocenters. The number of esters is 1. The summed E-state index contributed by atoms with van der Waals surface area (Å²) in [6.45, 7) is 4.39. The molecular weight excluding hydrogens is 226 g/mol. The highest BCUT2D eigenvalue weighted by Gasteiger charge is 2.36. The number of hydrogen-bond acceptors (Lipinski definition) is 5. The Morgan fingerprint density at radius 3 is 2.71 bits per heavy atom. The van der Waals surface area contributed by atoms with Crippen LogP contribution in [0, 0.1) is 0 Å². The van der Waals surface area contributed by atoms with Crippen LogP contribution in [0.3, 0.4) is 0 Å². The van der Waals surface area contributed by atoms with Crippen molar-refractivity contribution in [2.45, 2.75) is 26.0 Å². The molecule has 1 fully saturated rings. The third-order valence-electron chi connectivity index (χ3n) is 2.38. The monoisotopic (exact) mass is 241 g/mol. The minimum atomic E-state index is -0.654. The molecule has 0 spiro atoms. The molecule has 1 aliphatic heterocycles. The first-order valence-electron chi connectivity index (χ1n) is 5.17. The van der Waals surface area contributed by atoms with Gasteiger partial charge in [0.05, 0.1) is 0 Å². The van der Waals surface area contributed by atoms with E-state index in [1.54, 1.807) is 0 Å². The van der Waals surface area contributed by atoms with Crippen LogP contribution in [0.15, 0.2) is 12.2 Å². The summed E-state index contributed by atoms with van der Waals surface area (Å²) >= 11 is 0. The molecule has 17 heavy (non-hydrogen) atoms. The molecule has 0 aliphatic carbocycles. The van der Waals surface area contributed by atoms with E-state index in [1.807, 2.05) is 0 Å². The van der Waals surface area contributed by atoms with Crippen LogP contribution in [0.5, 0.6) is 0 Å². The van der Waals surface area contributed by atoms with Crippen LogP contribution in [0.2, 0.25) is 0 Å². The van der Waals surface area contributed by atoms with Gasteiger partial charge in [-0.25, -0.2) is 4.79 Å². The van der Waals surface area contributed by atoms with Gasteiger partial charge in [-0.15, -0.1) is 0 Å². The summed E-state index contributed by atoms with van der Waals surface area (Å²) in [5.74, 6) is -1.54. The molecule has 0 aromatic carbocycles. The summed E-state index contributed by atoms with van der Waals surface area (Å²) in [4.78, 5) is 35.2. The van der Waals surface area contributed by atoms with Gasteiger partial charge in [0.2, 0.25) is 5.91 Å². The van der Waals surface area contributed by atoms with Crippen molar-refractivity contribution in [1.29, 1.82) is 0 Å². The Kier molecular flexibility index (Phi) is 4.39. The van der Waals surface area contributed by atoms with Crippen molar-refractivity contribution < 1.29 is 23.9 Å². The fraction of sp³-hybridized carbons (Fsp3) is 0.545. The number of likely N-dealkylation sites (tertiary alicyclic amines) is 1. The fourth-order valence-electron chi connectivity index (χ4n) is 1.50. The Morgan fingerprint density at radius 1 is 1.53 bits per heavy atom. The topological polar surface area (TPSA) is 72.9 Å². The molecular formula is C11H15NO5. The number of imide groups is 1. The van der Waals surface area contributed by atoms with Crippen LogP contribution in [0.1, 0.15) is 19.8 Å². The van der Waals surface area contributed by atoms with E-state index in [0.29, 0.717) is 6.42 Å². The van der Waals surface area contributed by atoms with Gasteiger partial charge >= 0.3 is 5.97 Å². The van der Waals surface area contributed by atoms with Crippen molar-refractivity contribution in [3.63, 3.8) is 0 Å². The molecule has 0 aromatic rings. The van der Waals surface area contributed by atoms with Gasteiger partial charge in [0, 0.05) is 25.5 Å². The smallest absolute Gasteiger partial charge is 0.333 e. The number of methoxy groups -OCH3 is 1. The molecule has 0 radical (unpaired) electrons. The zero-order valence-corrected chi connectivity index (χ0v) is 9.89. The zero-order valence-electron chi connectivity index (χ0n) is 9.89. The van der Waals surface area contributed by atoms with E-state index in [9.17, 15) is 14.4 Å². The van der Waals surface area contributed by atoms with E-state index in [-0.39, 0.29) is 17.9 Å². The number of amides is 2. The highest BCUT2D eigenvalue weighted by molar-refractivity contribution is 5.98. The lowest BCUT2D eigenvalue weighted by molar-refractivity contribution is -0.159. The second-order valence-electron chi connectivity index (χ2n) is 3.74. The first-order chi connectivity index (χ1) is 7.97. The molecule has 0 saturated carbocycles. The van der Waals surface area contributed by atoms with E-state index >= 15 is 0 Å². The average Bonchev–Trinajstić information content (AvgIpc) is 2.66. The molecule has 6 heteroatoms. The molecule has 0 bridgehead atoms. The van der Waals surface area contributed by atoms with Gasteiger partial charge in [-0.1, -0.05) is 6.58 Å². The summed E-state index contributed by atoms with van der Waals surface area (Å²) in [5.41, 5.74) is 0.203. The van der Waals surface area contributed by atoms with E-state index in [4.69, 9.17) is 4.74 Å². The van der Waals surface area contributed by atoms with Gasteiger partial charge in [-0.3, -0.25) is 14.5 Å². The Bertz CT molecular complexity index is 363. The lowest BCUT2D eigenvalue weighted by atomic mass is 10.3. The molecule has 2 amide bonds. The van der Waals surface area contributed by atoms with Crippen LogP contribution in [0.25, 0.3) is 0 Å². The third-order valence-corrected chi connectivity index (χ3v) is 2.38. The summed E-state index contributed by atoms with van der Waals surface area (Å²) in [7, 11) is 1.42. The number of nitrogens with zero attached hydrogens (tertiary/aromatic N) is 1. The predicted molar refractivity (Wildman–Crippen MR) is 57.7 cm³/mol. The van der Waals surface area contributed by atoms with Crippen LogP contribution in [-0.4, -0.2) is 42.6 Å². The van der Waals surface area contributed by atoms with Gasteiger partial charge in [0.25, 0.3) is 5.91 Å². The summed E-state index contributed by atoms with van der Waals surface area (Å²) in [5, 5.41) is 0. The zero-order chi connectivity index (χ0) is 13.0. The first-order valence-corrected chi connectivity index (χ1v) is 5.17. The van der Waals surface area contributed by atoms with E-state index in [0.717, 1.165) is 4.90 Å². The molecule has 6 nitrogen and oxygen atoms in total. The van der Waals surface area contributed by atoms with Gasteiger partial charge in [0.15, 0.2) is 6.61 Å². The number of carbonyl (C=O) groups is 3. The lowest BCUT2D eigenvalue weighted by Crippen LogP contribution is -2.42. The third kappa shape index (κ3) is 3.13. The van der Waals surface area contributed by atoms with E-state index in [1.165, 1.54) is 14.0 Å². The van der Waals surface area contributed by atoms with Crippen molar-refractivity contribution in [3.8, 4) is 0 Å². The van der Waals surface area contributed by atoms with Crippen LogP contribution < -0.4 is 0 Å². The summed E-state index contributed by atoms with van der Waals surface area (Å²) < 4.78 is 9.68. The largest absolute Gasteiger partial charge is 0.452 e. The van der Waals surface area contributed by atoms with Crippen LogP contribution in [-0.2, 0) is 23.9 Å². The quantitative estimate of drug-likeness (QED) is 0.520. The molecule has 1 rings (SSSR count). The Balaban J connectivity index is 2.55. The highest BCUT2D eigenvalue weighted by Crippen LogP contribution is 2.19. The predicted octanol–water partition coefficient (Wildman–Crippen LogP) is 0.227. The minimum Gasteiger partial charge on any atom is -0.452 e. The van der Waals surface area contributed by atoms with Gasteiger partial charge in [-0.05, 0) is 6.92 Å². The standard InChI is InChI=1S/C11H15NO5/c1-7(2)11(15)17-6-9(14)12-8(13)4-5-10(12)16-3/h10H,1,4-6H2,2-3H3. The molecule has 1 saturated heterocycles. The van der Waals surface area contributed by atoms with Crippen molar-refractivity contribution in [2.24, 2.45) is 0 Å². The van der Waals surface area contributed by atoms with Gasteiger partial charge < -0.3 is 9.47 Å². The lowest BCUT2D eigenvalue weighted by Gasteiger charge is -2.21. The summed E-state index contributed by atoms with van der Waals surface area (Å²) in [6.07, 6.45) is 0.173. The van der Waals surface area contributed by atoms with Gasteiger partial charge in [-0.2, -0.15) is 0 Å². The number of rotatable bonds is 4. The number of carbonyl (C=O) groups excluding carboxylic acids is 3. The van der Waals surface area contributed by atoms with Crippen molar-refractivity contribution in [3.05, 3.63) is 12.2 Å². The van der Waals surface area contributed by atoms with Gasteiger partial charge in [0.1, 0.15) is 6.23 Å². The van der Waals surface area contributed by atoms with Crippen LogP contribution in [0.4, 0.5) is 0 Å². The number of ether oxygens (including phenoxy) is 2. The average molecular weight is 241 g/mol. The second-order valence-corrected chi connectivity index (χ2v) is 3.74. The molecule has 0 aromatic heterocycles. The Hall–Kier alpha value is -1.69. The number of hydrogen-bond donors (Lipinski definition) is 0. The second kappa shape index (κ2) is 5.58. The van der Waals surface area contributed by atoms with Crippen molar-refractivity contribution >= 4 is 17.8 Å². The molecule has 1 atom stereocenters. The highest BCUT2D eigenvalue weighted by atomic mass is 16.5. The van der Waals surface area contributed by atoms with Crippen molar-refractivity contribution in [2.75, 3.05) is 13.7 Å². The minimum absolute atomic E-state index is 0.203. The molecule has 1 aliphatic rings. The normalized spacial score (nSPS) is 19.3. The molecule has 94 valence electrons. The van der Waals surface area contributed by atoms with Crippen molar-refractivity contribution in [1.82, 2.24) is 4.90 Å². The maximum atomic E-state index is 11.7.